The van der Waals surface area contributed by atoms with Gasteiger partial charge in [0, 0.05) is 0 Å². The van der Waals surface area contributed by atoms with Crippen molar-refractivity contribution in [2.75, 3.05) is 7.11 Å². The van der Waals surface area contributed by atoms with Gasteiger partial charge in [-0.2, -0.15) is 4.79 Å². The maximum absolute atomic E-state index is 12.8. The quantitative estimate of drug-likeness (QED) is 0.372. The van der Waals surface area contributed by atoms with Crippen LogP contribution in [0.25, 0.3) is 5.53 Å². The summed E-state index contributed by atoms with van der Waals surface area (Å²) in [6.07, 6.45) is 5.68. The Hall–Kier alpha value is -2.19. The van der Waals surface area contributed by atoms with E-state index in [1.54, 1.807) is 7.11 Å². The van der Waals surface area contributed by atoms with E-state index in [4.69, 9.17) is 10.3 Å². The molecule has 1 aromatic carbocycles. The predicted molar refractivity (Wildman–Crippen MR) is 84.2 cm³/mol. The average Bonchev–Trinajstić information content (AvgIpc) is 2.54. The molecular weight excluding hydrogens is 276 g/mol. The van der Waals surface area contributed by atoms with Gasteiger partial charge in [-0.3, -0.25) is 4.79 Å². The largest absolute Gasteiger partial charge is 0.497 e. The number of benzene rings is 1. The fourth-order valence-corrected chi connectivity index (χ4v) is 4.16. The highest BCUT2D eigenvalue weighted by Gasteiger charge is 2.49. The molecule has 0 spiro atoms. The Morgan fingerprint density at radius 3 is 2.91 bits per heavy atom. The van der Waals surface area contributed by atoms with Gasteiger partial charge in [-0.05, 0) is 62.3 Å². The molecule has 0 saturated carbocycles. The molecule has 2 aliphatic carbocycles. The molecular formula is C18H20N2O2. The van der Waals surface area contributed by atoms with Crippen molar-refractivity contribution in [2.24, 2.45) is 0 Å². The fourth-order valence-electron chi connectivity index (χ4n) is 4.16. The van der Waals surface area contributed by atoms with Crippen LogP contribution in [-0.2, 0) is 16.6 Å². The number of carbonyl (C=O) groups excluding carboxylic acids is 1. The normalized spacial score (nSPS) is 23.2. The highest BCUT2D eigenvalue weighted by Crippen LogP contribution is 2.50. The summed E-state index contributed by atoms with van der Waals surface area (Å²) in [6.45, 7) is 2.13. The minimum absolute atomic E-state index is 0.116. The number of methoxy groups -OCH3 is 1. The van der Waals surface area contributed by atoms with Crippen molar-refractivity contribution in [2.45, 2.75) is 44.4 Å². The van der Waals surface area contributed by atoms with Crippen LogP contribution < -0.4 is 4.74 Å². The maximum Gasteiger partial charge on any atom is 0.324 e. The van der Waals surface area contributed by atoms with Gasteiger partial charge >= 0.3 is 6.21 Å². The van der Waals surface area contributed by atoms with Crippen molar-refractivity contribution in [1.29, 1.82) is 0 Å². The Bertz CT molecular complexity index is 714. The van der Waals surface area contributed by atoms with Crippen LogP contribution >= 0.6 is 0 Å². The van der Waals surface area contributed by atoms with Crippen LogP contribution in [0.4, 0.5) is 0 Å². The summed E-state index contributed by atoms with van der Waals surface area (Å²) >= 11 is 0. The first kappa shape index (κ1) is 14.7. The molecule has 3 rings (SSSR count). The number of fused-ring (bicyclic) bond motifs is 3. The number of rotatable bonds is 3. The molecule has 0 aromatic heterocycles. The first-order valence-electron chi connectivity index (χ1n) is 7.72. The van der Waals surface area contributed by atoms with Crippen LogP contribution in [-0.4, -0.2) is 23.9 Å². The number of allylic oxidation sites excluding steroid dienone is 2. The average molecular weight is 296 g/mol. The second-order valence-electron chi connectivity index (χ2n) is 6.15. The zero-order valence-corrected chi connectivity index (χ0v) is 13.1. The smallest absolute Gasteiger partial charge is 0.324 e. The van der Waals surface area contributed by atoms with Crippen LogP contribution in [0, 0.1) is 0 Å². The van der Waals surface area contributed by atoms with E-state index in [0.29, 0.717) is 0 Å². The van der Waals surface area contributed by atoms with Gasteiger partial charge in [-0.1, -0.05) is 17.2 Å². The molecule has 4 heteroatoms. The van der Waals surface area contributed by atoms with Crippen molar-refractivity contribution in [3.05, 3.63) is 46.0 Å². The number of carbonyl (C=O) groups is 1. The summed E-state index contributed by atoms with van der Waals surface area (Å²) in [5, 5.41) is 0. The first-order valence-corrected chi connectivity index (χ1v) is 7.72. The lowest BCUT2D eigenvalue weighted by molar-refractivity contribution is -0.120. The number of ketones is 1. The summed E-state index contributed by atoms with van der Waals surface area (Å²) in [6, 6.07) is 5.95. The molecule has 1 atom stereocenters. The number of hydrogen-bond acceptors (Lipinski definition) is 2. The molecule has 0 fully saturated rings. The minimum Gasteiger partial charge on any atom is -0.497 e. The molecule has 0 bridgehead atoms. The van der Waals surface area contributed by atoms with Gasteiger partial charge in [-0.25, -0.2) is 0 Å². The Morgan fingerprint density at radius 2 is 2.18 bits per heavy atom. The third-order valence-electron chi connectivity index (χ3n) is 5.15. The van der Waals surface area contributed by atoms with Gasteiger partial charge in [0.2, 0.25) is 0 Å². The van der Waals surface area contributed by atoms with Crippen LogP contribution in [0.3, 0.4) is 0 Å². The molecule has 0 saturated heterocycles. The molecule has 0 N–H and O–H groups in total. The lowest BCUT2D eigenvalue weighted by Gasteiger charge is -2.42. The summed E-state index contributed by atoms with van der Waals surface area (Å²) in [4.78, 5) is 15.8. The van der Waals surface area contributed by atoms with Gasteiger partial charge in [0.15, 0.2) is 0 Å². The Labute approximate surface area is 130 Å². The molecule has 2 aliphatic rings. The van der Waals surface area contributed by atoms with Crippen LogP contribution in [0.15, 0.2) is 29.3 Å². The second-order valence-corrected chi connectivity index (χ2v) is 6.15. The van der Waals surface area contributed by atoms with Gasteiger partial charge in [-0.15, -0.1) is 0 Å². The third kappa shape index (κ3) is 2.03. The summed E-state index contributed by atoms with van der Waals surface area (Å²) < 4.78 is 5.32. The Kier molecular flexibility index (Phi) is 3.71. The highest BCUT2D eigenvalue weighted by atomic mass is 16.5. The van der Waals surface area contributed by atoms with E-state index in [1.165, 1.54) is 11.1 Å². The monoisotopic (exact) mass is 296 g/mol. The Balaban J connectivity index is 2.26. The van der Waals surface area contributed by atoms with E-state index >= 15 is 0 Å². The van der Waals surface area contributed by atoms with Crippen molar-refractivity contribution < 1.29 is 14.3 Å². The van der Waals surface area contributed by atoms with Crippen LogP contribution in [0.5, 0.6) is 5.75 Å². The lowest BCUT2D eigenvalue weighted by Crippen LogP contribution is -2.44. The SMILES string of the molecule is COc1ccc2c(c1)CCC1=C(C)CCC[C@]12C(=O)C=[N+]=[N-]. The van der Waals surface area contributed by atoms with Crippen molar-refractivity contribution >= 4 is 12.0 Å². The standard InChI is InChI=1S/C18H20N2O2/c1-12-4-3-9-18(17(21)11-20-19)15(12)7-5-13-10-14(22-2)6-8-16(13)18/h6,8,10-11H,3-5,7,9H2,1-2H3/t18-/m0/s1. The van der Waals surface area contributed by atoms with Gasteiger partial charge < -0.3 is 10.3 Å². The van der Waals surface area contributed by atoms with E-state index in [2.05, 4.69) is 11.7 Å². The summed E-state index contributed by atoms with van der Waals surface area (Å²) in [5.41, 5.74) is 13.0. The van der Waals surface area contributed by atoms with Gasteiger partial charge in [0.25, 0.3) is 5.78 Å². The maximum atomic E-state index is 12.8. The first-order chi connectivity index (χ1) is 10.6. The topological polar surface area (TPSA) is 62.7 Å². The molecule has 0 amide bonds. The molecule has 0 radical (unpaired) electrons. The molecule has 114 valence electrons. The Morgan fingerprint density at radius 1 is 1.36 bits per heavy atom. The zero-order valence-electron chi connectivity index (χ0n) is 13.1. The summed E-state index contributed by atoms with van der Waals surface area (Å²) in [7, 11) is 1.65. The van der Waals surface area contributed by atoms with Gasteiger partial charge in [0.1, 0.15) is 5.75 Å². The number of Topliss-reactive ketones (excluding diaryl/α,β-unsaturated/α-hetero) is 1. The molecule has 4 nitrogen and oxygen atoms in total. The number of hydrogen-bond donors (Lipinski definition) is 0. The lowest BCUT2D eigenvalue weighted by atomic mass is 9.58. The number of ether oxygens (including phenoxy) is 1. The van der Waals surface area contributed by atoms with E-state index in [1.807, 2.05) is 18.2 Å². The molecule has 0 aliphatic heterocycles. The zero-order chi connectivity index (χ0) is 15.7. The number of aryl methyl sites for hydroxylation is 1. The molecule has 0 unspecified atom stereocenters. The van der Waals surface area contributed by atoms with Gasteiger partial charge in [0.05, 0.1) is 12.5 Å². The third-order valence-corrected chi connectivity index (χ3v) is 5.15. The van der Waals surface area contributed by atoms with Crippen molar-refractivity contribution in [3.8, 4) is 5.75 Å². The molecule has 22 heavy (non-hydrogen) atoms. The van der Waals surface area contributed by atoms with Crippen molar-refractivity contribution in [1.82, 2.24) is 0 Å². The van der Waals surface area contributed by atoms with Crippen LogP contribution in [0.1, 0.15) is 43.7 Å². The van der Waals surface area contributed by atoms with E-state index in [-0.39, 0.29) is 5.78 Å². The molecule has 1 aromatic rings. The van der Waals surface area contributed by atoms with Crippen LogP contribution in [0.2, 0.25) is 0 Å². The second kappa shape index (κ2) is 5.54. The highest BCUT2D eigenvalue weighted by molar-refractivity contribution is 6.31. The van der Waals surface area contributed by atoms with E-state index < -0.39 is 5.41 Å². The van der Waals surface area contributed by atoms with E-state index in [0.717, 1.165) is 55.2 Å². The number of nitrogens with zero attached hydrogens (tertiary/aromatic N) is 2. The summed E-state index contributed by atoms with van der Waals surface area (Å²) in [5.74, 6) is 0.701. The predicted octanol–water partition coefficient (Wildman–Crippen LogP) is 3.25. The minimum atomic E-state index is -0.644. The molecule has 0 heterocycles. The fraction of sp³-hybridized carbons (Fsp3) is 0.444. The van der Waals surface area contributed by atoms with E-state index in [9.17, 15) is 4.79 Å². The van der Waals surface area contributed by atoms with Crippen molar-refractivity contribution in [3.63, 3.8) is 0 Å².